The van der Waals surface area contributed by atoms with Crippen molar-refractivity contribution in [2.45, 2.75) is 18.4 Å². The van der Waals surface area contributed by atoms with Gasteiger partial charge in [0.05, 0.1) is 0 Å². The number of ether oxygens (including phenoxy) is 1. The fraction of sp³-hybridized carbons (Fsp3) is 0.429. The highest BCUT2D eigenvalue weighted by atomic mass is 19.1. The monoisotopic (exact) mass is 280 g/mol. The smallest absolute Gasteiger partial charge is 0.252 e. The summed E-state index contributed by atoms with van der Waals surface area (Å²) in [6.07, 6.45) is 0.833. The number of rotatable bonds is 3. The van der Waals surface area contributed by atoms with Gasteiger partial charge in [0, 0.05) is 38.7 Å². The van der Waals surface area contributed by atoms with E-state index in [1.165, 1.54) is 31.3 Å². The van der Waals surface area contributed by atoms with Gasteiger partial charge >= 0.3 is 0 Å². The Kier molecular flexibility index (Phi) is 4.34. The van der Waals surface area contributed by atoms with E-state index in [0.717, 1.165) is 0 Å². The summed E-state index contributed by atoms with van der Waals surface area (Å²) in [7, 11) is 1.53. The van der Waals surface area contributed by atoms with Crippen LogP contribution in [0, 0.1) is 5.82 Å². The van der Waals surface area contributed by atoms with Crippen LogP contribution < -0.4 is 10.6 Å². The average molecular weight is 280 g/mol. The van der Waals surface area contributed by atoms with E-state index in [-0.39, 0.29) is 5.91 Å². The van der Waals surface area contributed by atoms with Crippen LogP contribution in [0.5, 0.6) is 0 Å². The Morgan fingerprint density at radius 1 is 1.20 bits per heavy atom. The lowest BCUT2D eigenvalue weighted by atomic mass is 9.88. The van der Waals surface area contributed by atoms with Crippen molar-refractivity contribution in [3.05, 3.63) is 35.6 Å². The van der Waals surface area contributed by atoms with Crippen LogP contribution in [0.25, 0.3) is 0 Å². The molecule has 2 amide bonds. The van der Waals surface area contributed by atoms with E-state index in [1.54, 1.807) is 0 Å². The van der Waals surface area contributed by atoms with Gasteiger partial charge in [0.2, 0.25) is 5.91 Å². The lowest BCUT2D eigenvalue weighted by Crippen LogP contribution is -2.60. The Morgan fingerprint density at radius 3 is 2.35 bits per heavy atom. The number of amides is 2. The van der Waals surface area contributed by atoms with Gasteiger partial charge in [-0.15, -0.1) is 0 Å². The van der Waals surface area contributed by atoms with Crippen LogP contribution in [0.15, 0.2) is 24.3 Å². The van der Waals surface area contributed by atoms with E-state index >= 15 is 0 Å². The molecular formula is C14H17FN2O3. The number of carbonyl (C=O) groups excluding carboxylic acids is 2. The third-order valence-corrected chi connectivity index (χ3v) is 3.47. The highest BCUT2D eigenvalue weighted by Gasteiger charge is 2.40. The zero-order valence-electron chi connectivity index (χ0n) is 11.2. The molecular weight excluding hydrogens is 263 g/mol. The number of carbonyl (C=O) groups is 2. The molecule has 6 heteroatoms. The van der Waals surface area contributed by atoms with Gasteiger partial charge in [-0.1, -0.05) is 0 Å². The number of hydrogen-bond donors (Lipinski definition) is 2. The number of hydrogen-bond acceptors (Lipinski definition) is 3. The van der Waals surface area contributed by atoms with E-state index < -0.39 is 17.3 Å². The molecule has 0 atom stereocenters. The summed E-state index contributed by atoms with van der Waals surface area (Å²) >= 11 is 0. The zero-order valence-corrected chi connectivity index (χ0v) is 11.2. The lowest BCUT2D eigenvalue weighted by Gasteiger charge is -2.36. The molecule has 0 bridgehead atoms. The lowest BCUT2D eigenvalue weighted by molar-refractivity contribution is -0.130. The SMILES string of the molecule is CNC(=O)C1(NC(=O)c2ccc(F)cc2)CCOCC1. The maximum atomic E-state index is 12.9. The summed E-state index contributed by atoms with van der Waals surface area (Å²) in [6, 6.07) is 5.21. The summed E-state index contributed by atoms with van der Waals surface area (Å²) < 4.78 is 18.1. The summed E-state index contributed by atoms with van der Waals surface area (Å²) in [5, 5.41) is 5.34. The normalized spacial score (nSPS) is 17.3. The number of benzene rings is 1. The van der Waals surface area contributed by atoms with Gasteiger partial charge in [-0.3, -0.25) is 9.59 Å². The van der Waals surface area contributed by atoms with Gasteiger partial charge in [-0.05, 0) is 24.3 Å². The molecule has 2 rings (SSSR count). The maximum Gasteiger partial charge on any atom is 0.252 e. The van der Waals surface area contributed by atoms with Crippen LogP contribution >= 0.6 is 0 Å². The van der Waals surface area contributed by atoms with Gasteiger partial charge in [0.25, 0.3) is 5.91 Å². The minimum Gasteiger partial charge on any atom is -0.381 e. The standard InChI is InChI=1S/C14H17FN2O3/c1-16-13(19)14(6-8-20-9-7-14)17-12(18)10-2-4-11(15)5-3-10/h2-5H,6-9H2,1H3,(H,16,19)(H,17,18). The van der Waals surface area contributed by atoms with Crippen molar-refractivity contribution in [1.29, 1.82) is 0 Å². The molecule has 20 heavy (non-hydrogen) atoms. The molecule has 0 aromatic heterocycles. The van der Waals surface area contributed by atoms with Crippen LogP contribution in [0.2, 0.25) is 0 Å². The molecule has 2 N–H and O–H groups in total. The third-order valence-electron chi connectivity index (χ3n) is 3.47. The van der Waals surface area contributed by atoms with Gasteiger partial charge in [-0.2, -0.15) is 0 Å². The molecule has 0 spiro atoms. The van der Waals surface area contributed by atoms with Crippen molar-refractivity contribution >= 4 is 11.8 Å². The summed E-state index contributed by atoms with van der Waals surface area (Å²) in [6.45, 7) is 0.828. The van der Waals surface area contributed by atoms with E-state index in [1.807, 2.05) is 0 Å². The number of likely N-dealkylation sites (N-methyl/N-ethyl adjacent to an activating group) is 1. The Bertz CT molecular complexity index is 496. The first-order valence-electron chi connectivity index (χ1n) is 6.45. The molecule has 1 fully saturated rings. The number of nitrogens with one attached hydrogen (secondary N) is 2. The van der Waals surface area contributed by atoms with E-state index in [0.29, 0.717) is 31.6 Å². The van der Waals surface area contributed by atoms with Crippen LogP contribution in [0.4, 0.5) is 4.39 Å². The quantitative estimate of drug-likeness (QED) is 0.862. The first-order chi connectivity index (χ1) is 9.57. The van der Waals surface area contributed by atoms with Crippen molar-refractivity contribution in [3.8, 4) is 0 Å². The van der Waals surface area contributed by atoms with Gasteiger partial charge in [0.1, 0.15) is 11.4 Å². The second kappa shape index (κ2) is 6.00. The molecule has 108 valence electrons. The topological polar surface area (TPSA) is 67.4 Å². The Morgan fingerprint density at radius 2 is 1.80 bits per heavy atom. The highest BCUT2D eigenvalue weighted by molar-refractivity contribution is 5.99. The predicted molar refractivity (Wildman–Crippen MR) is 70.7 cm³/mol. The van der Waals surface area contributed by atoms with Crippen molar-refractivity contribution in [1.82, 2.24) is 10.6 Å². The Balaban J connectivity index is 2.17. The second-order valence-electron chi connectivity index (χ2n) is 4.73. The maximum absolute atomic E-state index is 12.9. The first kappa shape index (κ1) is 14.5. The minimum atomic E-state index is -0.960. The Hall–Kier alpha value is -1.95. The van der Waals surface area contributed by atoms with E-state index in [2.05, 4.69) is 10.6 Å². The molecule has 5 nitrogen and oxygen atoms in total. The van der Waals surface area contributed by atoms with E-state index in [9.17, 15) is 14.0 Å². The predicted octanol–water partition coefficient (Wildman–Crippen LogP) is 0.851. The average Bonchev–Trinajstić information content (AvgIpc) is 2.48. The van der Waals surface area contributed by atoms with E-state index in [4.69, 9.17) is 4.74 Å². The summed E-state index contributed by atoms with van der Waals surface area (Å²) in [4.78, 5) is 24.3. The highest BCUT2D eigenvalue weighted by Crippen LogP contribution is 2.21. The van der Waals surface area contributed by atoms with Crippen molar-refractivity contribution in [2.75, 3.05) is 20.3 Å². The van der Waals surface area contributed by atoms with Crippen molar-refractivity contribution < 1.29 is 18.7 Å². The largest absolute Gasteiger partial charge is 0.381 e. The molecule has 1 aromatic rings. The zero-order chi connectivity index (χ0) is 14.6. The molecule has 0 unspecified atom stereocenters. The van der Waals surface area contributed by atoms with Gasteiger partial charge in [0.15, 0.2) is 0 Å². The van der Waals surface area contributed by atoms with Crippen LogP contribution in [-0.2, 0) is 9.53 Å². The minimum absolute atomic E-state index is 0.240. The molecule has 1 aromatic carbocycles. The molecule has 1 aliphatic rings. The molecule has 0 saturated carbocycles. The molecule has 1 saturated heterocycles. The van der Waals surface area contributed by atoms with Crippen LogP contribution in [-0.4, -0.2) is 37.6 Å². The number of halogens is 1. The van der Waals surface area contributed by atoms with Crippen LogP contribution in [0.1, 0.15) is 23.2 Å². The molecule has 0 aliphatic carbocycles. The van der Waals surface area contributed by atoms with Crippen molar-refractivity contribution in [2.24, 2.45) is 0 Å². The molecule has 1 aliphatic heterocycles. The second-order valence-corrected chi connectivity index (χ2v) is 4.73. The Labute approximate surface area is 116 Å². The molecule has 0 radical (unpaired) electrons. The van der Waals surface area contributed by atoms with Gasteiger partial charge < -0.3 is 15.4 Å². The van der Waals surface area contributed by atoms with Gasteiger partial charge in [-0.25, -0.2) is 4.39 Å². The van der Waals surface area contributed by atoms with Crippen LogP contribution in [0.3, 0.4) is 0 Å². The first-order valence-corrected chi connectivity index (χ1v) is 6.45. The fourth-order valence-electron chi connectivity index (χ4n) is 2.26. The summed E-state index contributed by atoms with van der Waals surface area (Å²) in [5.41, 5.74) is -0.639. The summed E-state index contributed by atoms with van der Waals surface area (Å²) in [5.74, 6) is -1.04. The third kappa shape index (κ3) is 2.96. The molecule has 1 heterocycles. The fourth-order valence-corrected chi connectivity index (χ4v) is 2.26. The van der Waals surface area contributed by atoms with Crippen molar-refractivity contribution in [3.63, 3.8) is 0 Å².